The third kappa shape index (κ3) is 4.06. The largest absolute Gasteiger partial charge is 0.365 e. The molecule has 0 unspecified atom stereocenters. The number of nitrogens with two attached hydrogens (primary N) is 1. The molecule has 10 heteroatoms. The van der Waals surface area contributed by atoms with Crippen LogP contribution in [0.2, 0.25) is 5.02 Å². The first-order valence-corrected chi connectivity index (χ1v) is 7.73. The molecule has 0 saturated carbocycles. The molecular weight excluding hydrogens is 364 g/mol. The Morgan fingerprint density at radius 1 is 1.31 bits per heavy atom. The maximum absolute atomic E-state index is 12.3. The molecular formula is C16H15ClN4O5. The van der Waals surface area contributed by atoms with Crippen LogP contribution in [0.4, 0.5) is 11.4 Å². The van der Waals surface area contributed by atoms with Crippen LogP contribution in [0.3, 0.4) is 0 Å². The second-order valence-corrected chi connectivity index (χ2v) is 6.06. The first kappa shape index (κ1) is 19.1. The van der Waals surface area contributed by atoms with Gasteiger partial charge < -0.3 is 11.1 Å². The lowest BCUT2D eigenvalue weighted by atomic mass is 10.1. The van der Waals surface area contributed by atoms with E-state index in [1.165, 1.54) is 0 Å². The van der Waals surface area contributed by atoms with Crippen molar-refractivity contribution >= 4 is 34.8 Å². The SMILES string of the molecule is Cc1cc(C)c(NC(=O)Cn2cc([N+](=O)[O-])cc(C(N)=O)c2=O)c(Cl)c1. The number of carbonyl (C=O) groups excluding carboxylic acids is 2. The minimum Gasteiger partial charge on any atom is -0.365 e. The third-order valence-corrected chi connectivity index (χ3v) is 3.86. The number of aryl methyl sites for hydroxylation is 2. The molecule has 3 N–H and O–H groups in total. The first-order chi connectivity index (χ1) is 12.1. The quantitative estimate of drug-likeness (QED) is 0.603. The lowest BCUT2D eigenvalue weighted by Crippen LogP contribution is -2.33. The van der Waals surface area contributed by atoms with Crippen LogP contribution in [0, 0.1) is 24.0 Å². The van der Waals surface area contributed by atoms with Gasteiger partial charge in [-0.05, 0) is 31.0 Å². The number of nitro groups is 1. The highest BCUT2D eigenvalue weighted by atomic mass is 35.5. The van der Waals surface area contributed by atoms with Gasteiger partial charge in [0, 0.05) is 6.07 Å². The van der Waals surface area contributed by atoms with Crippen molar-refractivity contribution in [1.82, 2.24) is 4.57 Å². The molecule has 1 aromatic carbocycles. The monoisotopic (exact) mass is 378 g/mol. The summed E-state index contributed by atoms with van der Waals surface area (Å²) in [7, 11) is 0. The Hall–Kier alpha value is -3.20. The molecule has 1 heterocycles. The van der Waals surface area contributed by atoms with Crippen molar-refractivity contribution in [3.8, 4) is 0 Å². The Kier molecular flexibility index (Phi) is 5.41. The number of hydrogen-bond donors (Lipinski definition) is 2. The van der Waals surface area contributed by atoms with E-state index < -0.39 is 40.1 Å². The number of primary amides is 1. The molecule has 0 aliphatic carbocycles. The van der Waals surface area contributed by atoms with Gasteiger partial charge in [0.05, 0.1) is 21.8 Å². The van der Waals surface area contributed by atoms with Gasteiger partial charge in [-0.25, -0.2) is 0 Å². The molecule has 0 aliphatic rings. The molecule has 0 aliphatic heterocycles. The van der Waals surface area contributed by atoms with Gasteiger partial charge in [0.25, 0.3) is 17.2 Å². The molecule has 0 fully saturated rings. The average molecular weight is 379 g/mol. The number of nitrogens with zero attached hydrogens (tertiary/aromatic N) is 2. The van der Waals surface area contributed by atoms with E-state index in [0.29, 0.717) is 16.3 Å². The number of benzene rings is 1. The standard InChI is InChI=1S/C16H15ClN4O5/c1-8-3-9(2)14(12(17)4-8)19-13(22)7-20-6-10(21(25)26)5-11(15(18)23)16(20)24/h3-6H,7H2,1-2H3,(H2,18,23)(H,19,22). The van der Waals surface area contributed by atoms with Crippen LogP contribution < -0.4 is 16.6 Å². The maximum atomic E-state index is 12.3. The summed E-state index contributed by atoms with van der Waals surface area (Å²) >= 11 is 6.11. The van der Waals surface area contributed by atoms with Crippen molar-refractivity contribution in [2.24, 2.45) is 5.73 Å². The van der Waals surface area contributed by atoms with E-state index in [1.807, 2.05) is 13.0 Å². The summed E-state index contributed by atoms with van der Waals surface area (Å²) in [6, 6.07) is 4.25. The smallest absolute Gasteiger partial charge is 0.286 e. The molecule has 2 amide bonds. The van der Waals surface area contributed by atoms with Gasteiger partial charge >= 0.3 is 0 Å². The third-order valence-electron chi connectivity index (χ3n) is 3.56. The van der Waals surface area contributed by atoms with Crippen molar-refractivity contribution in [1.29, 1.82) is 0 Å². The number of halogens is 1. The summed E-state index contributed by atoms with van der Waals surface area (Å²) < 4.78 is 0.755. The van der Waals surface area contributed by atoms with Gasteiger partial charge in [0.2, 0.25) is 5.91 Å². The number of hydrogen-bond acceptors (Lipinski definition) is 5. The van der Waals surface area contributed by atoms with Crippen molar-refractivity contribution < 1.29 is 14.5 Å². The predicted molar refractivity (Wildman–Crippen MR) is 95.4 cm³/mol. The van der Waals surface area contributed by atoms with E-state index >= 15 is 0 Å². The number of pyridine rings is 1. The molecule has 0 atom stereocenters. The summed E-state index contributed by atoms with van der Waals surface area (Å²) in [5.74, 6) is -1.76. The van der Waals surface area contributed by atoms with Crippen LogP contribution in [0.5, 0.6) is 0 Å². The highest BCUT2D eigenvalue weighted by Gasteiger charge is 2.19. The summed E-state index contributed by atoms with van der Waals surface area (Å²) in [5.41, 5.74) is 5.06. The summed E-state index contributed by atoms with van der Waals surface area (Å²) in [6.07, 6.45) is 0.873. The fraction of sp³-hybridized carbons (Fsp3) is 0.188. The van der Waals surface area contributed by atoms with Crippen LogP contribution in [-0.2, 0) is 11.3 Å². The fourth-order valence-electron chi connectivity index (χ4n) is 2.42. The highest BCUT2D eigenvalue weighted by molar-refractivity contribution is 6.34. The van der Waals surface area contributed by atoms with Crippen LogP contribution in [0.25, 0.3) is 0 Å². The van der Waals surface area contributed by atoms with Crippen LogP contribution in [0.1, 0.15) is 21.5 Å². The summed E-state index contributed by atoms with van der Waals surface area (Å²) in [4.78, 5) is 45.9. The van der Waals surface area contributed by atoms with E-state index in [9.17, 15) is 24.5 Å². The van der Waals surface area contributed by atoms with Crippen LogP contribution in [0.15, 0.2) is 29.2 Å². The molecule has 9 nitrogen and oxygen atoms in total. The Labute approximate surface area is 152 Å². The van der Waals surface area contributed by atoms with E-state index in [-0.39, 0.29) is 0 Å². The van der Waals surface area contributed by atoms with Gasteiger partial charge in [-0.15, -0.1) is 0 Å². The zero-order valence-corrected chi connectivity index (χ0v) is 14.7. The van der Waals surface area contributed by atoms with E-state index in [1.54, 1.807) is 13.0 Å². The van der Waals surface area contributed by atoms with Crippen LogP contribution >= 0.6 is 11.6 Å². The average Bonchev–Trinajstić information content (AvgIpc) is 2.52. The minimum atomic E-state index is -1.12. The predicted octanol–water partition coefficient (Wildman–Crippen LogP) is 1.76. The summed E-state index contributed by atoms with van der Waals surface area (Å²) in [5, 5.41) is 13.8. The van der Waals surface area contributed by atoms with Crippen molar-refractivity contribution in [3.63, 3.8) is 0 Å². The minimum absolute atomic E-state index is 0.320. The van der Waals surface area contributed by atoms with E-state index in [0.717, 1.165) is 22.4 Å². The second-order valence-electron chi connectivity index (χ2n) is 5.65. The fourth-order valence-corrected chi connectivity index (χ4v) is 2.79. The Morgan fingerprint density at radius 3 is 2.50 bits per heavy atom. The lowest BCUT2D eigenvalue weighted by Gasteiger charge is -2.12. The van der Waals surface area contributed by atoms with Gasteiger partial charge in [-0.1, -0.05) is 17.7 Å². The number of aromatic nitrogens is 1. The van der Waals surface area contributed by atoms with Crippen molar-refractivity contribution in [2.75, 3.05) is 5.32 Å². The molecule has 1 aromatic heterocycles. The molecule has 0 saturated heterocycles. The zero-order chi connectivity index (χ0) is 19.6. The maximum Gasteiger partial charge on any atom is 0.286 e. The zero-order valence-electron chi connectivity index (χ0n) is 13.9. The molecule has 0 bridgehead atoms. The highest BCUT2D eigenvalue weighted by Crippen LogP contribution is 2.27. The first-order valence-electron chi connectivity index (χ1n) is 7.35. The van der Waals surface area contributed by atoms with E-state index in [2.05, 4.69) is 5.32 Å². The number of rotatable bonds is 5. The van der Waals surface area contributed by atoms with Crippen molar-refractivity contribution in [3.05, 3.63) is 66.6 Å². The van der Waals surface area contributed by atoms with Gasteiger partial charge in [0.1, 0.15) is 12.1 Å². The molecule has 2 rings (SSSR count). The second kappa shape index (κ2) is 7.36. The molecule has 26 heavy (non-hydrogen) atoms. The Balaban J connectivity index is 2.36. The number of carbonyl (C=O) groups is 2. The Bertz CT molecular complexity index is 960. The van der Waals surface area contributed by atoms with Gasteiger partial charge in [-0.2, -0.15) is 0 Å². The number of amides is 2. The lowest BCUT2D eigenvalue weighted by molar-refractivity contribution is -0.385. The van der Waals surface area contributed by atoms with Gasteiger partial charge in [0.15, 0.2) is 0 Å². The van der Waals surface area contributed by atoms with Crippen molar-refractivity contribution in [2.45, 2.75) is 20.4 Å². The molecule has 2 aromatic rings. The Morgan fingerprint density at radius 2 is 1.96 bits per heavy atom. The molecule has 0 spiro atoms. The number of anilines is 1. The normalized spacial score (nSPS) is 10.4. The topological polar surface area (TPSA) is 137 Å². The molecule has 136 valence electrons. The van der Waals surface area contributed by atoms with Crippen LogP contribution in [-0.4, -0.2) is 21.3 Å². The van der Waals surface area contributed by atoms with Gasteiger partial charge in [-0.3, -0.25) is 29.1 Å². The molecule has 0 radical (unpaired) electrons. The van der Waals surface area contributed by atoms with E-state index in [4.69, 9.17) is 17.3 Å². The summed E-state index contributed by atoms with van der Waals surface area (Å²) in [6.45, 7) is 3.04. The number of nitrogens with one attached hydrogen (secondary N) is 1.